The maximum atomic E-state index is 13.3. The van der Waals surface area contributed by atoms with Gasteiger partial charge in [-0.15, -0.1) is 11.3 Å². The van der Waals surface area contributed by atoms with E-state index >= 15 is 0 Å². The summed E-state index contributed by atoms with van der Waals surface area (Å²) in [5.74, 6) is 0.393. The van der Waals surface area contributed by atoms with Gasteiger partial charge in [0.15, 0.2) is 10.9 Å². The molecule has 1 aliphatic heterocycles. The maximum Gasteiger partial charge on any atom is 0.294 e. The number of hydrogen-bond acceptors (Lipinski definition) is 6. The number of carbonyl (C=O) groups excluding carboxylic acids is 1. The second-order valence-electron chi connectivity index (χ2n) is 8.32. The van der Waals surface area contributed by atoms with Gasteiger partial charge in [-0.05, 0) is 57.1 Å². The van der Waals surface area contributed by atoms with Gasteiger partial charge < -0.3 is 14.8 Å². The van der Waals surface area contributed by atoms with Crippen LogP contribution in [0.15, 0.2) is 29.1 Å². The Morgan fingerprint density at radius 2 is 1.84 bits per heavy atom. The molecule has 8 heteroatoms. The molecule has 0 unspecified atom stereocenters. The Bertz CT molecular complexity index is 1140. The standard InChI is InChI=1S/C23H27N5O2S/c29-20(26-23-25-17-9-3-5-11-19(17)31-23)12-15-28-18-10-4-2-8-16(18)24-21(22(28)30)27-13-6-1-7-14-27/h2,4,8,10H,1,3,5-7,9,11-15H2,(H,25,26,29). The molecule has 2 aromatic heterocycles. The number of carbonyl (C=O) groups is 1. The lowest BCUT2D eigenvalue weighted by molar-refractivity contribution is -0.116. The van der Waals surface area contributed by atoms with Crippen molar-refractivity contribution in [2.45, 2.75) is 57.9 Å². The van der Waals surface area contributed by atoms with Crippen LogP contribution in [-0.4, -0.2) is 33.5 Å². The second-order valence-corrected chi connectivity index (χ2v) is 9.41. The van der Waals surface area contributed by atoms with Crippen molar-refractivity contribution in [1.29, 1.82) is 0 Å². The molecule has 0 atom stereocenters. The summed E-state index contributed by atoms with van der Waals surface area (Å²) in [6, 6.07) is 7.66. The van der Waals surface area contributed by atoms with Crippen LogP contribution in [0.1, 0.15) is 49.1 Å². The number of rotatable bonds is 5. The SMILES string of the molecule is O=C(CCn1c(=O)c(N2CCCCC2)nc2ccccc21)Nc1nc2c(s1)CCCC2. The summed E-state index contributed by atoms with van der Waals surface area (Å²) in [6.45, 7) is 2.03. The lowest BCUT2D eigenvalue weighted by Crippen LogP contribution is -2.37. The molecule has 1 amide bonds. The van der Waals surface area contributed by atoms with Crippen LogP contribution in [0.4, 0.5) is 10.9 Å². The van der Waals surface area contributed by atoms with E-state index in [2.05, 4.69) is 20.2 Å². The fourth-order valence-electron chi connectivity index (χ4n) is 4.51. The van der Waals surface area contributed by atoms with Crippen molar-refractivity contribution in [1.82, 2.24) is 14.5 Å². The number of nitrogens with one attached hydrogen (secondary N) is 1. The van der Waals surface area contributed by atoms with E-state index in [0.717, 1.165) is 55.5 Å². The fraction of sp³-hybridized carbons (Fsp3) is 0.478. The van der Waals surface area contributed by atoms with Gasteiger partial charge in [-0.2, -0.15) is 0 Å². The van der Waals surface area contributed by atoms with Crippen LogP contribution in [-0.2, 0) is 24.2 Å². The highest BCUT2D eigenvalue weighted by molar-refractivity contribution is 7.15. The van der Waals surface area contributed by atoms with E-state index in [1.807, 2.05) is 24.3 Å². The molecule has 3 aromatic rings. The number of fused-ring (bicyclic) bond motifs is 2. The van der Waals surface area contributed by atoms with Crippen molar-refractivity contribution in [3.8, 4) is 0 Å². The third-order valence-electron chi connectivity index (χ3n) is 6.15. The monoisotopic (exact) mass is 437 g/mol. The van der Waals surface area contributed by atoms with Gasteiger partial charge in [0.05, 0.1) is 16.7 Å². The molecule has 7 nitrogen and oxygen atoms in total. The average Bonchev–Trinajstić information content (AvgIpc) is 3.21. The summed E-state index contributed by atoms with van der Waals surface area (Å²) >= 11 is 1.58. The normalized spacial score (nSPS) is 16.3. The number of benzene rings is 1. The van der Waals surface area contributed by atoms with Gasteiger partial charge in [-0.25, -0.2) is 9.97 Å². The van der Waals surface area contributed by atoms with Gasteiger partial charge in [0.2, 0.25) is 5.91 Å². The van der Waals surface area contributed by atoms with E-state index in [-0.39, 0.29) is 17.9 Å². The Morgan fingerprint density at radius 3 is 2.68 bits per heavy atom. The molecule has 2 aliphatic rings. The Kier molecular flexibility index (Phi) is 5.72. The highest BCUT2D eigenvalue weighted by Gasteiger charge is 2.20. The summed E-state index contributed by atoms with van der Waals surface area (Å²) in [7, 11) is 0. The molecule has 0 bridgehead atoms. The average molecular weight is 438 g/mol. The lowest BCUT2D eigenvalue weighted by atomic mass is 10.0. The smallest absolute Gasteiger partial charge is 0.294 e. The predicted molar refractivity (Wildman–Crippen MR) is 124 cm³/mol. The minimum atomic E-state index is -0.113. The number of amides is 1. The van der Waals surface area contributed by atoms with Crippen LogP contribution in [0.3, 0.4) is 0 Å². The van der Waals surface area contributed by atoms with Crippen LogP contribution in [0.2, 0.25) is 0 Å². The number of hydrogen-bond donors (Lipinski definition) is 1. The number of aromatic nitrogens is 3. The topological polar surface area (TPSA) is 80.1 Å². The molecule has 0 saturated carbocycles. The minimum Gasteiger partial charge on any atom is -0.352 e. The van der Waals surface area contributed by atoms with E-state index in [0.29, 0.717) is 17.5 Å². The number of nitrogens with zero attached hydrogens (tertiary/aromatic N) is 4. The molecule has 0 radical (unpaired) electrons. The molecule has 1 N–H and O–H groups in total. The summed E-state index contributed by atoms with van der Waals surface area (Å²) in [6.07, 6.45) is 7.99. The number of thiazole rings is 1. The molecule has 3 heterocycles. The zero-order valence-corrected chi connectivity index (χ0v) is 18.4. The maximum absolute atomic E-state index is 13.3. The minimum absolute atomic E-state index is 0.113. The van der Waals surface area contributed by atoms with Crippen LogP contribution in [0.25, 0.3) is 11.0 Å². The van der Waals surface area contributed by atoms with E-state index in [1.54, 1.807) is 15.9 Å². The molecule has 31 heavy (non-hydrogen) atoms. The molecular formula is C23H27N5O2S. The number of piperidine rings is 1. The first-order valence-corrected chi connectivity index (χ1v) is 12.0. The Hall–Kier alpha value is -2.74. The molecule has 1 aromatic carbocycles. The van der Waals surface area contributed by atoms with Crippen molar-refractivity contribution < 1.29 is 4.79 Å². The highest BCUT2D eigenvalue weighted by atomic mass is 32.1. The summed E-state index contributed by atoms with van der Waals surface area (Å²) in [5, 5.41) is 3.62. The van der Waals surface area contributed by atoms with Crippen molar-refractivity contribution in [2.24, 2.45) is 0 Å². The quantitative estimate of drug-likeness (QED) is 0.658. The van der Waals surface area contributed by atoms with Crippen molar-refractivity contribution in [3.05, 3.63) is 45.2 Å². The van der Waals surface area contributed by atoms with E-state index in [1.165, 1.54) is 24.1 Å². The highest BCUT2D eigenvalue weighted by Crippen LogP contribution is 2.29. The van der Waals surface area contributed by atoms with Crippen molar-refractivity contribution in [2.75, 3.05) is 23.3 Å². The van der Waals surface area contributed by atoms with Crippen LogP contribution in [0, 0.1) is 0 Å². The van der Waals surface area contributed by atoms with Gasteiger partial charge in [0.25, 0.3) is 5.56 Å². The Balaban J connectivity index is 1.36. The zero-order valence-electron chi connectivity index (χ0n) is 17.6. The van der Waals surface area contributed by atoms with Gasteiger partial charge in [0.1, 0.15) is 0 Å². The van der Waals surface area contributed by atoms with Gasteiger partial charge in [-0.1, -0.05) is 12.1 Å². The first kappa shape index (κ1) is 20.2. The van der Waals surface area contributed by atoms with Crippen molar-refractivity contribution in [3.63, 3.8) is 0 Å². The van der Waals surface area contributed by atoms with E-state index in [4.69, 9.17) is 0 Å². The Labute approximate surface area is 185 Å². The van der Waals surface area contributed by atoms with Crippen LogP contribution >= 0.6 is 11.3 Å². The molecule has 0 spiro atoms. The molecule has 1 fully saturated rings. The molecule has 1 saturated heterocycles. The molecule has 162 valence electrons. The number of aryl methyl sites for hydroxylation is 3. The third kappa shape index (κ3) is 4.21. The van der Waals surface area contributed by atoms with Crippen LogP contribution < -0.4 is 15.8 Å². The molecule has 5 rings (SSSR count). The van der Waals surface area contributed by atoms with E-state index in [9.17, 15) is 9.59 Å². The van der Waals surface area contributed by atoms with Crippen LogP contribution in [0.5, 0.6) is 0 Å². The largest absolute Gasteiger partial charge is 0.352 e. The van der Waals surface area contributed by atoms with Gasteiger partial charge in [-0.3, -0.25) is 9.59 Å². The Morgan fingerprint density at radius 1 is 1.03 bits per heavy atom. The molecular weight excluding hydrogens is 410 g/mol. The number of para-hydroxylation sites is 2. The fourth-order valence-corrected chi connectivity index (χ4v) is 5.58. The second kappa shape index (κ2) is 8.78. The third-order valence-corrected chi connectivity index (χ3v) is 7.22. The zero-order chi connectivity index (χ0) is 21.2. The van der Waals surface area contributed by atoms with Crippen molar-refractivity contribution >= 4 is 39.2 Å². The predicted octanol–water partition coefficient (Wildman–Crippen LogP) is 3.75. The first-order chi connectivity index (χ1) is 15.2. The summed E-state index contributed by atoms with van der Waals surface area (Å²) in [5.41, 5.74) is 2.58. The van der Waals surface area contributed by atoms with Gasteiger partial charge in [0, 0.05) is 30.9 Å². The number of anilines is 2. The molecule has 1 aliphatic carbocycles. The lowest BCUT2D eigenvalue weighted by Gasteiger charge is -2.27. The summed E-state index contributed by atoms with van der Waals surface area (Å²) in [4.78, 5) is 38.6. The van der Waals surface area contributed by atoms with E-state index < -0.39 is 0 Å². The first-order valence-electron chi connectivity index (χ1n) is 11.2. The summed E-state index contributed by atoms with van der Waals surface area (Å²) < 4.78 is 1.71. The van der Waals surface area contributed by atoms with Gasteiger partial charge >= 0.3 is 0 Å².